The van der Waals surface area contributed by atoms with Crippen LogP contribution in [0.3, 0.4) is 0 Å². The predicted octanol–water partition coefficient (Wildman–Crippen LogP) is 4.50. The summed E-state index contributed by atoms with van der Waals surface area (Å²) in [5.41, 5.74) is 11.0. The number of anilines is 1. The van der Waals surface area contributed by atoms with Crippen molar-refractivity contribution in [2.24, 2.45) is 11.7 Å². The van der Waals surface area contributed by atoms with E-state index in [0.717, 1.165) is 51.9 Å². The van der Waals surface area contributed by atoms with E-state index in [1.807, 2.05) is 43.5 Å². The van der Waals surface area contributed by atoms with Crippen LogP contribution in [0.15, 0.2) is 79.3 Å². The van der Waals surface area contributed by atoms with Crippen molar-refractivity contribution in [3.63, 3.8) is 0 Å². The van der Waals surface area contributed by atoms with Gasteiger partial charge in [0.1, 0.15) is 30.8 Å². The summed E-state index contributed by atoms with van der Waals surface area (Å²) in [5.74, 6) is -1.81. The first kappa shape index (κ1) is 49.9. The summed E-state index contributed by atoms with van der Waals surface area (Å²) in [7, 11) is 0. The largest absolute Gasteiger partial charge is 0.445 e. The smallest absolute Gasteiger partial charge is 0.410 e. The van der Waals surface area contributed by atoms with Gasteiger partial charge in [0, 0.05) is 73.8 Å². The number of amides is 8. The van der Waals surface area contributed by atoms with Gasteiger partial charge in [0.15, 0.2) is 5.65 Å². The van der Waals surface area contributed by atoms with Gasteiger partial charge in [-0.2, -0.15) is 5.10 Å². The first-order valence-electron chi connectivity index (χ1n) is 23.5. The molecule has 7 N–H and O–H groups in total. The van der Waals surface area contributed by atoms with Crippen molar-refractivity contribution in [1.82, 2.24) is 55.3 Å². The fourth-order valence-corrected chi connectivity index (χ4v) is 8.35. The maximum atomic E-state index is 13.7. The van der Waals surface area contributed by atoms with E-state index in [-0.39, 0.29) is 62.1 Å². The molecular formula is C49H59N13O8. The molecule has 8 amide bonds. The van der Waals surface area contributed by atoms with E-state index < -0.39 is 36.0 Å². The number of hydrogen-bond acceptors (Lipinski definition) is 12. The number of likely N-dealkylation sites (tertiary alicyclic amines) is 1. The monoisotopic (exact) mass is 957 g/mol. The second-order valence-corrected chi connectivity index (χ2v) is 17.8. The van der Waals surface area contributed by atoms with Crippen molar-refractivity contribution in [3.8, 4) is 22.6 Å². The molecule has 70 heavy (non-hydrogen) atoms. The normalized spacial score (nSPS) is 15.5. The Labute approximate surface area is 404 Å². The number of urea groups is 1. The Hall–Kier alpha value is -7.97. The third-order valence-corrected chi connectivity index (χ3v) is 12.1. The number of aromatic amines is 1. The van der Waals surface area contributed by atoms with Crippen molar-refractivity contribution in [2.45, 2.75) is 96.7 Å². The van der Waals surface area contributed by atoms with Crippen molar-refractivity contribution in [3.05, 3.63) is 96.4 Å². The standard InChI is InChI=1S/C49H59N13O8/c1-30(2)42(57-39(63)14-5-4-6-25-61-40(64)21-22-41(61)65)47(67)56-37(13-8-23-51-48(50)68)46(66)55-35-18-15-32(16-19-35)28-70-49(69)60-24-9-11-34(26-60)45-58-43(33-17-20-38-52-29-53-62(38)27-33)44(59-45)36-12-7-10-31(3)54-36/h7,10,12,15-22,27,29-30,34,37,42H,4-6,8-9,11,13-14,23-26,28H2,1-3H3,(H,55,66)(H,56,67)(H,57,63)(H,58,59)(H3,50,51,68)/t34?,37?,42-/m0/s1. The van der Waals surface area contributed by atoms with Gasteiger partial charge in [0.05, 0.1) is 17.1 Å². The summed E-state index contributed by atoms with van der Waals surface area (Å²) in [6.07, 6.45) is 9.11. The molecule has 0 radical (unpaired) electrons. The van der Waals surface area contributed by atoms with Crippen molar-refractivity contribution < 1.29 is 38.3 Å². The van der Waals surface area contributed by atoms with Crippen molar-refractivity contribution in [2.75, 3.05) is 31.5 Å². The van der Waals surface area contributed by atoms with Gasteiger partial charge < -0.3 is 41.6 Å². The Bertz CT molecular complexity index is 2710. The number of nitrogens with zero attached hydrogens (tertiary/aromatic N) is 7. The molecule has 2 unspecified atom stereocenters. The number of fused-ring (bicyclic) bond motifs is 1. The van der Waals surface area contributed by atoms with Gasteiger partial charge in [-0.15, -0.1) is 0 Å². The number of unbranched alkanes of at least 4 members (excludes halogenated alkanes) is 2. The molecule has 368 valence electrons. The van der Waals surface area contributed by atoms with Crippen LogP contribution in [0.2, 0.25) is 0 Å². The number of aryl methyl sites for hydroxylation is 1. The van der Waals surface area contributed by atoms with Gasteiger partial charge in [0.2, 0.25) is 17.7 Å². The van der Waals surface area contributed by atoms with Crippen LogP contribution in [0.4, 0.5) is 15.3 Å². The number of nitrogens with one attached hydrogen (secondary N) is 5. The summed E-state index contributed by atoms with van der Waals surface area (Å²) >= 11 is 0. The number of benzene rings is 1. The zero-order valence-corrected chi connectivity index (χ0v) is 39.5. The van der Waals surface area contributed by atoms with Crippen LogP contribution < -0.4 is 27.0 Å². The van der Waals surface area contributed by atoms with Gasteiger partial charge in [-0.3, -0.25) is 33.9 Å². The number of aromatic nitrogens is 6. The molecule has 21 nitrogen and oxygen atoms in total. The molecule has 5 aromatic rings. The highest BCUT2D eigenvalue weighted by Crippen LogP contribution is 2.34. The van der Waals surface area contributed by atoms with Crippen molar-refractivity contribution >= 4 is 53.0 Å². The van der Waals surface area contributed by atoms with E-state index in [1.54, 1.807) is 47.5 Å². The minimum atomic E-state index is -1.04. The van der Waals surface area contributed by atoms with E-state index in [9.17, 15) is 33.6 Å². The summed E-state index contributed by atoms with van der Waals surface area (Å²) in [4.78, 5) is 109. The number of nitrogens with two attached hydrogens (primary N) is 1. The lowest BCUT2D eigenvalue weighted by Crippen LogP contribution is -2.54. The number of imidazole rings is 1. The van der Waals surface area contributed by atoms with Gasteiger partial charge >= 0.3 is 12.1 Å². The van der Waals surface area contributed by atoms with Gasteiger partial charge in [-0.25, -0.2) is 24.1 Å². The number of hydrogen-bond donors (Lipinski definition) is 6. The second kappa shape index (κ2) is 23.4. The number of ether oxygens (including phenoxy) is 1. The fraction of sp³-hybridized carbons (Fsp3) is 0.408. The number of imide groups is 1. The second-order valence-electron chi connectivity index (χ2n) is 17.8. The number of carbonyl (C=O) groups is 7. The Morgan fingerprint density at radius 2 is 1.70 bits per heavy atom. The highest BCUT2D eigenvalue weighted by atomic mass is 16.6. The molecule has 0 bridgehead atoms. The molecule has 2 aliphatic rings. The summed E-state index contributed by atoms with van der Waals surface area (Å²) in [5, 5.41) is 15.2. The minimum absolute atomic E-state index is 0.0146. The van der Waals surface area contributed by atoms with E-state index in [0.29, 0.717) is 55.7 Å². The molecule has 21 heteroatoms. The van der Waals surface area contributed by atoms with Gasteiger partial charge in [-0.05, 0) is 93.3 Å². The molecule has 1 aromatic carbocycles. The lowest BCUT2D eigenvalue weighted by Gasteiger charge is -2.31. The Kier molecular flexibility index (Phi) is 16.7. The number of piperidine rings is 1. The van der Waals surface area contributed by atoms with Crippen molar-refractivity contribution in [1.29, 1.82) is 0 Å². The van der Waals surface area contributed by atoms with E-state index in [2.05, 4.69) is 36.3 Å². The van der Waals surface area contributed by atoms with Crippen LogP contribution in [-0.2, 0) is 35.3 Å². The maximum Gasteiger partial charge on any atom is 0.410 e. The lowest BCUT2D eigenvalue weighted by molar-refractivity contribution is -0.137. The summed E-state index contributed by atoms with van der Waals surface area (Å²) in [6.45, 7) is 6.82. The lowest BCUT2D eigenvalue weighted by atomic mass is 9.98. The predicted molar refractivity (Wildman–Crippen MR) is 257 cm³/mol. The van der Waals surface area contributed by atoms with E-state index in [4.69, 9.17) is 20.4 Å². The third kappa shape index (κ3) is 13.2. The van der Waals surface area contributed by atoms with Crippen LogP contribution in [0.5, 0.6) is 0 Å². The molecule has 0 aliphatic carbocycles. The molecule has 0 saturated carbocycles. The Morgan fingerprint density at radius 1 is 0.914 bits per heavy atom. The van der Waals surface area contributed by atoms with E-state index >= 15 is 0 Å². The van der Waals surface area contributed by atoms with Crippen LogP contribution in [0, 0.1) is 12.8 Å². The fourth-order valence-electron chi connectivity index (χ4n) is 8.35. The van der Waals surface area contributed by atoms with Gasteiger partial charge in [0.25, 0.3) is 11.8 Å². The average Bonchev–Trinajstić information content (AvgIpc) is 4.09. The molecule has 2 aliphatic heterocycles. The Balaban J connectivity index is 0.918. The number of pyridine rings is 2. The first-order valence-corrected chi connectivity index (χ1v) is 23.5. The first-order chi connectivity index (χ1) is 33.7. The topological polar surface area (TPSA) is 281 Å². The summed E-state index contributed by atoms with van der Waals surface area (Å²) < 4.78 is 7.47. The minimum Gasteiger partial charge on any atom is -0.445 e. The number of H-pyrrole nitrogens is 1. The maximum absolute atomic E-state index is 13.7. The Morgan fingerprint density at radius 3 is 2.44 bits per heavy atom. The van der Waals surface area contributed by atoms with Crippen LogP contribution in [-0.4, -0.2) is 119 Å². The molecule has 0 spiro atoms. The van der Waals surface area contributed by atoms with E-state index in [1.165, 1.54) is 18.5 Å². The number of carbonyl (C=O) groups excluding carboxylic acids is 7. The molecule has 4 aromatic heterocycles. The molecule has 3 atom stereocenters. The molecule has 1 fully saturated rings. The molecular weight excluding hydrogens is 899 g/mol. The molecule has 7 rings (SSSR count). The molecule has 1 saturated heterocycles. The number of rotatable bonds is 21. The molecule has 6 heterocycles. The van der Waals surface area contributed by atoms with Crippen LogP contribution in [0.25, 0.3) is 28.3 Å². The number of primary amides is 1. The summed E-state index contributed by atoms with van der Waals surface area (Å²) in [6, 6.07) is 13.7. The average molecular weight is 958 g/mol. The third-order valence-electron chi connectivity index (χ3n) is 12.1. The zero-order valence-electron chi connectivity index (χ0n) is 39.5. The van der Waals surface area contributed by atoms with Gasteiger partial charge in [-0.1, -0.05) is 38.5 Å². The quantitative estimate of drug-likeness (QED) is 0.0438. The van der Waals surface area contributed by atoms with Crippen LogP contribution in [0.1, 0.15) is 88.2 Å². The highest BCUT2D eigenvalue weighted by Gasteiger charge is 2.31. The zero-order chi connectivity index (χ0) is 49.7. The van der Waals surface area contributed by atoms with Crippen LogP contribution >= 0.6 is 0 Å². The highest BCUT2D eigenvalue weighted by molar-refractivity contribution is 6.12. The SMILES string of the molecule is Cc1cccc(-c2[nH]c(C3CCCN(C(=O)OCc4ccc(NC(=O)C(CCCNC(N)=O)NC(=O)[C@@H](NC(=O)CCCCCN5C(=O)C=CC5=O)C(C)C)cc4)C3)nc2-c2ccc3ncnn3c2)n1.